The summed E-state index contributed by atoms with van der Waals surface area (Å²) in [7, 11) is 0. The Balaban J connectivity index is 1.51. The van der Waals surface area contributed by atoms with E-state index in [2.05, 4.69) is 32.3 Å². The molecular weight excluding hydrogens is 202 g/mol. The summed E-state index contributed by atoms with van der Waals surface area (Å²) < 4.78 is 0. The van der Waals surface area contributed by atoms with Gasteiger partial charge >= 0.3 is 0 Å². The Morgan fingerprint density at radius 1 is 1.50 bits per heavy atom. The Bertz CT molecular complexity index is 332. The third-order valence-electron chi connectivity index (χ3n) is 3.61. The van der Waals surface area contributed by atoms with E-state index in [9.17, 15) is 0 Å². The largest absolute Gasteiger partial charge is 0.303 e. The van der Waals surface area contributed by atoms with Crippen LogP contribution in [0.25, 0.3) is 0 Å². The average molecular weight is 221 g/mol. The topological polar surface area (TPSA) is 56.8 Å². The molecule has 0 spiro atoms. The van der Waals surface area contributed by atoms with E-state index in [1.54, 1.807) is 6.33 Å². The lowest BCUT2D eigenvalue weighted by molar-refractivity contribution is 0.313. The highest BCUT2D eigenvalue weighted by atomic mass is 15.3. The SMILES string of the molecule is CC(NC1CCN(C2CC2)C1)c1ncn[nH]1. The molecule has 1 aliphatic heterocycles. The summed E-state index contributed by atoms with van der Waals surface area (Å²) in [5.74, 6) is 0.935. The van der Waals surface area contributed by atoms with Crippen molar-refractivity contribution < 1.29 is 0 Å². The number of aromatic nitrogens is 3. The van der Waals surface area contributed by atoms with Crippen LogP contribution in [0, 0.1) is 0 Å². The van der Waals surface area contributed by atoms with Gasteiger partial charge in [0, 0.05) is 25.2 Å². The van der Waals surface area contributed by atoms with Crippen LogP contribution in [0.4, 0.5) is 0 Å². The highest BCUT2D eigenvalue weighted by molar-refractivity contribution is 4.95. The lowest BCUT2D eigenvalue weighted by atomic mass is 10.2. The van der Waals surface area contributed by atoms with Crippen LogP contribution < -0.4 is 5.32 Å². The van der Waals surface area contributed by atoms with Gasteiger partial charge in [0.1, 0.15) is 12.2 Å². The zero-order valence-corrected chi connectivity index (χ0v) is 9.69. The van der Waals surface area contributed by atoms with E-state index in [1.807, 2.05) is 0 Å². The van der Waals surface area contributed by atoms with E-state index in [0.29, 0.717) is 6.04 Å². The molecule has 1 aliphatic carbocycles. The van der Waals surface area contributed by atoms with Gasteiger partial charge in [-0.2, -0.15) is 5.10 Å². The molecule has 0 radical (unpaired) electrons. The maximum Gasteiger partial charge on any atom is 0.141 e. The van der Waals surface area contributed by atoms with Gasteiger partial charge in [0.15, 0.2) is 0 Å². The molecule has 0 bridgehead atoms. The summed E-state index contributed by atoms with van der Waals surface area (Å²) in [6, 6.07) is 1.78. The third-order valence-corrected chi connectivity index (χ3v) is 3.61. The normalized spacial score (nSPS) is 28.4. The molecular formula is C11H19N5. The molecule has 2 fully saturated rings. The van der Waals surface area contributed by atoms with Crippen molar-refractivity contribution in [3.63, 3.8) is 0 Å². The summed E-state index contributed by atoms with van der Waals surface area (Å²) in [5.41, 5.74) is 0. The summed E-state index contributed by atoms with van der Waals surface area (Å²) in [5, 5.41) is 10.4. The van der Waals surface area contributed by atoms with Crippen LogP contribution in [0.15, 0.2) is 6.33 Å². The van der Waals surface area contributed by atoms with Gasteiger partial charge in [-0.25, -0.2) is 4.98 Å². The minimum Gasteiger partial charge on any atom is -0.303 e. The molecule has 0 aromatic carbocycles. The second-order valence-corrected chi connectivity index (χ2v) is 4.97. The number of likely N-dealkylation sites (tertiary alicyclic amines) is 1. The van der Waals surface area contributed by atoms with Gasteiger partial charge in [-0.05, 0) is 26.2 Å². The van der Waals surface area contributed by atoms with Crippen molar-refractivity contribution in [1.29, 1.82) is 0 Å². The zero-order valence-electron chi connectivity index (χ0n) is 9.69. The van der Waals surface area contributed by atoms with Crippen molar-refractivity contribution in [3.8, 4) is 0 Å². The zero-order chi connectivity index (χ0) is 11.0. The van der Waals surface area contributed by atoms with Crippen LogP contribution in [-0.4, -0.2) is 45.3 Å². The predicted molar refractivity (Wildman–Crippen MR) is 60.9 cm³/mol. The van der Waals surface area contributed by atoms with Gasteiger partial charge < -0.3 is 5.32 Å². The molecule has 16 heavy (non-hydrogen) atoms. The van der Waals surface area contributed by atoms with Crippen molar-refractivity contribution in [2.75, 3.05) is 13.1 Å². The number of H-pyrrole nitrogens is 1. The van der Waals surface area contributed by atoms with Crippen molar-refractivity contribution in [1.82, 2.24) is 25.4 Å². The number of nitrogens with zero attached hydrogens (tertiary/aromatic N) is 3. The fraction of sp³-hybridized carbons (Fsp3) is 0.818. The first kappa shape index (κ1) is 10.2. The Morgan fingerprint density at radius 3 is 3.06 bits per heavy atom. The summed E-state index contributed by atoms with van der Waals surface area (Å²) in [6.07, 6.45) is 5.64. The second kappa shape index (κ2) is 4.14. The fourth-order valence-corrected chi connectivity index (χ4v) is 2.55. The Kier molecular flexibility index (Phi) is 2.65. The summed E-state index contributed by atoms with van der Waals surface area (Å²) in [6.45, 7) is 4.59. The number of rotatable bonds is 4. The maximum absolute atomic E-state index is 4.18. The molecule has 3 rings (SSSR count). The minimum absolute atomic E-state index is 0.270. The van der Waals surface area contributed by atoms with E-state index in [-0.39, 0.29) is 6.04 Å². The number of hydrogen-bond acceptors (Lipinski definition) is 4. The lowest BCUT2D eigenvalue weighted by Gasteiger charge is -2.18. The van der Waals surface area contributed by atoms with E-state index < -0.39 is 0 Å². The molecule has 2 atom stereocenters. The van der Waals surface area contributed by atoms with Crippen LogP contribution in [0.5, 0.6) is 0 Å². The number of aromatic amines is 1. The van der Waals surface area contributed by atoms with E-state index >= 15 is 0 Å². The van der Waals surface area contributed by atoms with Crippen LogP contribution >= 0.6 is 0 Å². The molecule has 1 aromatic rings. The van der Waals surface area contributed by atoms with Crippen LogP contribution in [0.3, 0.4) is 0 Å². The highest BCUT2D eigenvalue weighted by Gasteiger charge is 2.34. The Labute approximate surface area is 95.6 Å². The van der Waals surface area contributed by atoms with Crippen LogP contribution in [0.2, 0.25) is 0 Å². The van der Waals surface area contributed by atoms with Crippen molar-refractivity contribution >= 4 is 0 Å². The summed E-state index contributed by atoms with van der Waals surface area (Å²) in [4.78, 5) is 6.80. The molecule has 2 heterocycles. The van der Waals surface area contributed by atoms with Crippen LogP contribution in [0.1, 0.15) is 38.1 Å². The standard InChI is InChI=1S/C11H19N5/c1-8(11-12-7-13-15-11)14-9-4-5-16(6-9)10-2-3-10/h7-10,14H,2-6H2,1H3,(H,12,13,15). The second-order valence-electron chi connectivity index (χ2n) is 4.97. The smallest absolute Gasteiger partial charge is 0.141 e. The number of nitrogens with one attached hydrogen (secondary N) is 2. The quantitative estimate of drug-likeness (QED) is 0.785. The molecule has 1 saturated heterocycles. The van der Waals surface area contributed by atoms with Gasteiger partial charge in [0.25, 0.3) is 0 Å². The molecule has 0 amide bonds. The molecule has 5 heteroatoms. The lowest BCUT2D eigenvalue weighted by Crippen LogP contribution is -2.35. The molecule has 5 nitrogen and oxygen atoms in total. The predicted octanol–water partition coefficient (Wildman–Crippen LogP) is 0.692. The van der Waals surface area contributed by atoms with Crippen molar-refractivity contribution in [3.05, 3.63) is 12.2 Å². The van der Waals surface area contributed by atoms with Gasteiger partial charge in [-0.1, -0.05) is 0 Å². The molecule has 1 saturated carbocycles. The van der Waals surface area contributed by atoms with E-state index in [4.69, 9.17) is 0 Å². The minimum atomic E-state index is 0.270. The average Bonchev–Trinajstić information content (AvgIpc) is 2.82. The van der Waals surface area contributed by atoms with E-state index in [0.717, 1.165) is 11.9 Å². The van der Waals surface area contributed by atoms with Gasteiger partial charge in [0.2, 0.25) is 0 Å². The highest BCUT2D eigenvalue weighted by Crippen LogP contribution is 2.30. The molecule has 2 aliphatic rings. The summed E-state index contributed by atoms with van der Waals surface area (Å²) >= 11 is 0. The first-order chi connectivity index (χ1) is 7.83. The first-order valence-corrected chi connectivity index (χ1v) is 6.18. The van der Waals surface area contributed by atoms with Crippen LogP contribution in [-0.2, 0) is 0 Å². The Hall–Kier alpha value is -0.940. The molecule has 2 N–H and O–H groups in total. The van der Waals surface area contributed by atoms with Gasteiger partial charge in [0.05, 0.1) is 6.04 Å². The third kappa shape index (κ3) is 2.10. The maximum atomic E-state index is 4.18. The van der Waals surface area contributed by atoms with E-state index in [1.165, 1.54) is 32.4 Å². The molecule has 2 unspecified atom stereocenters. The monoisotopic (exact) mass is 221 g/mol. The Morgan fingerprint density at radius 2 is 2.38 bits per heavy atom. The van der Waals surface area contributed by atoms with Gasteiger partial charge in [-0.3, -0.25) is 10.00 Å². The van der Waals surface area contributed by atoms with Crippen molar-refractivity contribution in [2.45, 2.75) is 44.3 Å². The molecule has 88 valence electrons. The van der Waals surface area contributed by atoms with Gasteiger partial charge in [-0.15, -0.1) is 0 Å². The first-order valence-electron chi connectivity index (χ1n) is 6.18. The fourth-order valence-electron chi connectivity index (χ4n) is 2.55. The molecule has 1 aromatic heterocycles. The van der Waals surface area contributed by atoms with Crippen molar-refractivity contribution in [2.24, 2.45) is 0 Å². The number of hydrogen-bond donors (Lipinski definition) is 2.